The molecule has 2 aliphatic heterocycles. The molecule has 1 aromatic rings. The molecule has 128 valence electrons. The predicted molar refractivity (Wildman–Crippen MR) is 90.4 cm³/mol. The molecule has 3 heterocycles. The first-order valence-electron chi connectivity index (χ1n) is 8.87. The van der Waals surface area contributed by atoms with Crippen LogP contribution in [0.3, 0.4) is 0 Å². The maximum atomic E-state index is 12.7. The quantitative estimate of drug-likeness (QED) is 0.835. The molecule has 1 aromatic heterocycles. The van der Waals surface area contributed by atoms with E-state index in [1.165, 1.54) is 0 Å². The number of nitrogens with zero attached hydrogens (tertiary/aromatic N) is 5. The third kappa shape index (κ3) is 3.75. The van der Waals surface area contributed by atoms with Gasteiger partial charge in [-0.3, -0.25) is 14.6 Å². The van der Waals surface area contributed by atoms with Crippen LogP contribution >= 0.6 is 0 Å². The SMILES string of the molecule is CCN1CCn2cc(C(=O)N3CCN(CC(C)C)CC3)nc2C1. The van der Waals surface area contributed by atoms with Crippen molar-refractivity contribution in [2.75, 3.05) is 45.8 Å². The topological polar surface area (TPSA) is 44.6 Å². The van der Waals surface area contributed by atoms with Gasteiger partial charge in [0.15, 0.2) is 0 Å². The molecule has 0 aliphatic carbocycles. The Hall–Kier alpha value is -1.40. The summed E-state index contributed by atoms with van der Waals surface area (Å²) in [5, 5.41) is 0. The van der Waals surface area contributed by atoms with Crippen LogP contribution in [0.4, 0.5) is 0 Å². The summed E-state index contributed by atoms with van der Waals surface area (Å²) >= 11 is 0. The highest BCUT2D eigenvalue weighted by Gasteiger charge is 2.26. The summed E-state index contributed by atoms with van der Waals surface area (Å²) in [5.74, 6) is 1.80. The van der Waals surface area contributed by atoms with Crippen LogP contribution in [0.15, 0.2) is 6.20 Å². The summed E-state index contributed by atoms with van der Waals surface area (Å²) in [6.07, 6.45) is 1.95. The standard InChI is InChI=1S/C17H29N5O/c1-4-19-5-10-22-12-15(18-16(22)13-19)17(23)21-8-6-20(7-9-21)11-14(2)3/h12,14H,4-11,13H2,1-3H3. The van der Waals surface area contributed by atoms with Crippen LogP contribution in [0.25, 0.3) is 0 Å². The predicted octanol–water partition coefficient (Wildman–Crippen LogP) is 1.13. The lowest BCUT2D eigenvalue weighted by Crippen LogP contribution is -2.49. The molecule has 0 unspecified atom stereocenters. The maximum absolute atomic E-state index is 12.7. The molecule has 0 radical (unpaired) electrons. The Morgan fingerprint density at radius 2 is 1.83 bits per heavy atom. The van der Waals surface area contributed by atoms with Gasteiger partial charge < -0.3 is 9.47 Å². The molecule has 0 atom stereocenters. The normalized spacial score (nSPS) is 20.1. The molecule has 6 heteroatoms. The number of likely N-dealkylation sites (N-methyl/N-ethyl adjacent to an activating group) is 1. The van der Waals surface area contributed by atoms with Gasteiger partial charge in [0.1, 0.15) is 11.5 Å². The van der Waals surface area contributed by atoms with Crippen molar-refractivity contribution in [2.45, 2.75) is 33.9 Å². The Morgan fingerprint density at radius 1 is 1.13 bits per heavy atom. The highest BCUT2D eigenvalue weighted by Crippen LogP contribution is 2.15. The lowest BCUT2D eigenvalue weighted by molar-refractivity contribution is 0.0618. The smallest absolute Gasteiger partial charge is 0.274 e. The molecule has 1 fully saturated rings. The second kappa shape index (κ2) is 7.01. The molecule has 2 aliphatic rings. The Kier molecular flexibility index (Phi) is 5.02. The molecule has 0 aromatic carbocycles. The van der Waals surface area contributed by atoms with Gasteiger partial charge in [0.25, 0.3) is 5.91 Å². The number of imidazole rings is 1. The van der Waals surface area contributed by atoms with Crippen molar-refractivity contribution in [3.8, 4) is 0 Å². The summed E-state index contributed by atoms with van der Waals surface area (Å²) in [6.45, 7) is 15.2. The lowest BCUT2D eigenvalue weighted by Gasteiger charge is -2.35. The van der Waals surface area contributed by atoms with Crippen LogP contribution in [-0.4, -0.2) is 76.0 Å². The summed E-state index contributed by atoms with van der Waals surface area (Å²) < 4.78 is 2.15. The van der Waals surface area contributed by atoms with Crippen LogP contribution in [0.2, 0.25) is 0 Å². The lowest BCUT2D eigenvalue weighted by atomic mass is 10.2. The van der Waals surface area contributed by atoms with Gasteiger partial charge in [0.05, 0.1) is 6.54 Å². The third-order valence-electron chi connectivity index (χ3n) is 4.83. The summed E-state index contributed by atoms with van der Waals surface area (Å²) in [6, 6.07) is 0. The van der Waals surface area contributed by atoms with Crippen LogP contribution < -0.4 is 0 Å². The van der Waals surface area contributed by atoms with E-state index in [1.54, 1.807) is 0 Å². The highest BCUT2D eigenvalue weighted by atomic mass is 16.2. The molecule has 1 saturated heterocycles. The van der Waals surface area contributed by atoms with Gasteiger partial charge in [-0.05, 0) is 12.5 Å². The molecule has 1 amide bonds. The number of hydrogen-bond acceptors (Lipinski definition) is 4. The van der Waals surface area contributed by atoms with Crippen molar-refractivity contribution < 1.29 is 4.79 Å². The molecule has 0 N–H and O–H groups in total. The molecule has 3 rings (SSSR count). The number of hydrogen-bond donors (Lipinski definition) is 0. The highest BCUT2D eigenvalue weighted by molar-refractivity contribution is 5.92. The molecular formula is C17H29N5O. The van der Waals surface area contributed by atoms with E-state index in [0.717, 1.165) is 64.7 Å². The zero-order valence-electron chi connectivity index (χ0n) is 14.7. The first-order chi connectivity index (χ1) is 11.1. The van der Waals surface area contributed by atoms with Crippen molar-refractivity contribution >= 4 is 5.91 Å². The van der Waals surface area contributed by atoms with Crippen molar-refractivity contribution in [2.24, 2.45) is 5.92 Å². The minimum atomic E-state index is 0.0964. The van der Waals surface area contributed by atoms with Gasteiger partial charge in [-0.1, -0.05) is 20.8 Å². The van der Waals surface area contributed by atoms with Crippen LogP contribution in [-0.2, 0) is 13.1 Å². The Labute approximate surface area is 139 Å². The Bertz CT molecular complexity index is 545. The Morgan fingerprint density at radius 3 is 2.48 bits per heavy atom. The van der Waals surface area contributed by atoms with Crippen LogP contribution in [0.5, 0.6) is 0 Å². The van der Waals surface area contributed by atoms with Gasteiger partial charge >= 0.3 is 0 Å². The number of aromatic nitrogens is 2. The molecule has 6 nitrogen and oxygen atoms in total. The fraction of sp³-hybridized carbons (Fsp3) is 0.765. The average Bonchev–Trinajstić information content (AvgIpc) is 2.97. The van der Waals surface area contributed by atoms with Crippen molar-refractivity contribution in [1.29, 1.82) is 0 Å². The van der Waals surface area contributed by atoms with Crippen molar-refractivity contribution in [1.82, 2.24) is 24.3 Å². The zero-order chi connectivity index (χ0) is 16.4. The first-order valence-corrected chi connectivity index (χ1v) is 8.87. The van der Waals surface area contributed by atoms with Gasteiger partial charge in [0, 0.05) is 52.0 Å². The minimum absolute atomic E-state index is 0.0964. The second-order valence-corrected chi connectivity index (χ2v) is 7.09. The van der Waals surface area contributed by atoms with Crippen LogP contribution in [0.1, 0.15) is 37.1 Å². The van der Waals surface area contributed by atoms with Gasteiger partial charge in [-0.15, -0.1) is 0 Å². The van der Waals surface area contributed by atoms with Crippen molar-refractivity contribution in [3.05, 3.63) is 17.7 Å². The summed E-state index contributed by atoms with van der Waals surface area (Å²) in [7, 11) is 0. The fourth-order valence-electron chi connectivity index (χ4n) is 3.49. The van der Waals surface area contributed by atoms with E-state index in [4.69, 9.17) is 0 Å². The molecule has 0 spiro atoms. The third-order valence-corrected chi connectivity index (χ3v) is 4.83. The number of piperazine rings is 1. The molecule has 0 bridgehead atoms. The monoisotopic (exact) mass is 319 g/mol. The largest absolute Gasteiger partial charge is 0.335 e. The van der Waals surface area contributed by atoms with Gasteiger partial charge in [0.2, 0.25) is 0 Å². The number of amides is 1. The number of rotatable bonds is 4. The average molecular weight is 319 g/mol. The van der Waals surface area contributed by atoms with Gasteiger partial charge in [-0.2, -0.15) is 0 Å². The zero-order valence-corrected chi connectivity index (χ0v) is 14.7. The fourth-order valence-corrected chi connectivity index (χ4v) is 3.49. The summed E-state index contributed by atoms with van der Waals surface area (Å²) in [5.41, 5.74) is 0.621. The van der Waals surface area contributed by atoms with E-state index >= 15 is 0 Å². The van der Waals surface area contributed by atoms with E-state index in [2.05, 4.69) is 40.1 Å². The van der Waals surface area contributed by atoms with Crippen molar-refractivity contribution in [3.63, 3.8) is 0 Å². The number of carbonyl (C=O) groups is 1. The molecule has 23 heavy (non-hydrogen) atoms. The van der Waals surface area contributed by atoms with E-state index in [-0.39, 0.29) is 5.91 Å². The van der Waals surface area contributed by atoms with E-state index in [9.17, 15) is 4.79 Å². The van der Waals surface area contributed by atoms with Crippen LogP contribution in [0, 0.1) is 5.92 Å². The number of carbonyl (C=O) groups excluding carboxylic acids is 1. The van der Waals surface area contributed by atoms with E-state index in [0.29, 0.717) is 11.6 Å². The van der Waals surface area contributed by atoms with E-state index in [1.807, 2.05) is 11.1 Å². The minimum Gasteiger partial charge on any atom is -0.335 e. The first kappa shape index (κ1) is 16.5. The molecule has 0 saturated carbocycles. The Balaban J connectivity index is 1.60. The second-order valence-electron chi connectivity index (χ2n) is 7.09. The maximum Gasteiger partial charge on any atom is 0.274 e. The molecular weight excluding hydrogens is 290 g/mol. The van der Waals surface area contributed by atoms with E-state index < -0.39 is 0 Å². The van der Waals surface area contributed by atoms with Gasteiger partial charge in [-0.25, -0.2) is 4.98 Å². The number of fused-ring (bicyclic) bond motifs is 1. The summed E-state index contributed by atoms with van der Waals surface area (Å²) in [4.78, 5) is 24.1.